The summed E-state index contributed by atoms with van der Waals surface area (Å²) in [5.41, 5.74) is 2.00. The largest absolute Gasteiger partial charge is 0.303 e. The highest BCUT2D eigenvalue weighted by Gasteiger charge is 2.39. The summed E-state index contributed by atoms with van der Waals surface area (Å²) in [4.78, 5) is 4.84. The van der Waals surface area contributed by atoms with E-state index in [1.807, 2.05) is 0 Å². The first-order valence-corrected chi connectivity index (χ1v) is 6.74. The Balaban J connectivity index is 3.10. The third-order valence-electron chi connectivity index (χ3n) is 4.39. The number of nitrogens with zero attached hydrogens (tertiary/aromatic N) is 2. The zero-order chi connectivity index (χ0) is 13.4. The molecule has 0 aromatic carbocycles. The van der Waals surface area contributed by atoms with Crippen molar-refractivity contribution >= 4 is 0 Å². The highest BCUT2D eigenvalue weighted by molar-refractivity contribution is 5.25. The minimum absolute atomic E-state index is 0.153. The van der Waals surface area contributed by atoms with Crippen molar-refractivity contribution < 1.29 is 0 Å². The molecule has 1 rings (SSSR count). The van der Waals surface area contributed by atoms with Crippen LogP contribution in [-0.2, 0) is 0 Å². The summed E-state index contributed by atoms with van der Waals surface area (Å²) in [6.07, 6.45) is 4.84. The molecule has 1 unspecified atom stereocenters. The summed E-state index contributed by atoms with van der Waals surface area (Å²) in [6.45, 7) is 11.6. The monoisotopic (exact) mass is 238 g/mol. The second kappa shape index (κ2) is 4.74. The van der Waals surface area contributed by atoms with Crippen molar-refractivity contribution in [2.45, 2.75) is 64.6 Å². The Bertz CT molecular complexity index is 300. The van der Waals surface area contributed by atoms with Gasteiger partial charge < -0.3 is 4.90 Å². The Labute approximate surface area is 108 Å². The summed E-state index contributed by atoms with van der Waals surface area (Å²) < 4.78 is 0. The van der Waals surface area contributed by atoms with Gasteiger partial charge in [0.2, 0.25) is 0 Å². The molecule has 2 nitrogen and oxygen atoms in total. The molecule has 0 amide bonds. The molecule has 0 bridgehead atoms. The topological polar surface area (TPSA) is 6.48 Å². The second-order valence-electron chi connectivity index (χ2n) is 6.81. The first-order valence-electron chi connectivity index (χ1n) is 6.74. The maximum atomic E-state index is 2.49. The Morgan fingerprint density at radius 2 is 1.82 bits per heavy atom. The number of rotatable bonds is 3. The smallest absolute Gasteiger partial charge is 0.0340 e. The van der Waals surface area contributed by atoms with Crippen molar-refractivity contribution in [2.24, 2.45) is 0 Å². The summed E-state index contributed by atoms with van der Waals surface area (Å²) in [6, 6.07) is 0.585. The van der Waals surface area contributed by atoms with Gasteiger partial charge in [0.05, 0.1) is 0 Å². The second-order valence-corrected chi connectivity index (χ2v) is 6.81. The minimum Gasteiger partial charge on any atom is -0.303 e. The average molecular weight is 238 g/mol. The van der Waals surface area contributed by atoms with E-state index in [1.54, 1.807) is 5.57 Å². The molecule has 1 aliphatic heterocycles. The van der Waals surface area contributed by atoms with E-state index in [0.29, 0.717) is 6.04 Å². The van der Waals surface area contributed by atoms with Crippen molar-refractivity contribution in [3.8, 4) is 0 Å². The number of hydrogen-bond acceptors (Lipinski definition) is 2. The molecule has 0 aliphatic carbocycles. The van der Waals surface area contributed by atoms with Crippen LogP contribution < -0.4 is 0 Å². The zero-order valence-electron chi connectivity index (χ0n) is 13.0. The van der Waals surface area contributed by atoms with E-state index >= 15 is 0 Å². The van der Waals surface area contributed by atoms with Gasteiger partial charge in [-0.15, -0.1) is 0 Å². The van der Waals surface area contributed by atoms with Crippen molar-refractivity contribution in [2.75, 3.05) is 21.1 Å². The molecule has 0 saturated heterocycles. The maximum absolute atomic E-state index is 2.49. The zero-order valence-corrected chi connectivity index (χ0v) is 13.0. The standard InChI is InChI=1S/C15H30N2/c1-9-13(16(6)7)12-10-14(2,3)17(8)15(4,5)11-12/h10,13H,9,11H2,1-8H3. The van der Waals surface area contributed by atoms with Crippen LogP contribution in [0.3, 0.4) is 0 Å². The average Bonchev–Trinajstić information content (AvgIpc) is 2.13. The van der Waals surface area contributed by atoms with Crippen molar-refractivity contribution in [3.63, 3.8) is 0 Å². The lowest BCUT2D eigenvalue weighted by atomic mass is 9.78. The third-order valence-corrected chi connectivity index (χ3v) is 4.39. The summed E-state index contributed by atoms with van der Waals surface area (Å²) >= 11 is 0. The molecule has 0 N–H and O–H groups in total. The Hall–Kier alpha value is -0.340. The number of hydrogen-bond donors (Lipinski definition) is 0. The van der Waals surface area contributed by atoms with Crippen molar-refractivity contribution in [1.29, 1.82) is 0 Å². The van der Waals surface area contributed by atoms with Gasteiger partial charge in [-0.05, 0) is 61.7 Å². The van der Waals surface area contributed by atoms with Crippen LogP contribution in [0.25, 0.3) is 0 Å². The van der Waals surface area contributed by atoms with Crippen LogP contribution in [0.4, 0.5) is 0 Å². The molecular weight excluding hydrogens is 208 g/mol. The molecule has 0 saturated carbocycles. The molecule has 0 aromatic rings. The van der Waals surface area contributed by atoms with Gasteiger partial charge in [-0.2, -0.15) is 0 Å². The molecule has 17 heavy (non-hydrogen) atoms. The summed E-state index contributed by atoms with van der Waals surface area (Å²) in [7, 11) is 6.62. The SMILES string of the molecule is CCC(C1=CC(C)(C)N(C)C(C)(C)C1)N(C)C. The lowest BCUT2D eigenvalue weighted by molar-refractivity contribution is 0.0566. The van der Waals surface area contributed by atoms with Crippen LogP contribution in [0.2, 0.25) is 0 Å². The van der Waals surface area contributed by atoms with Crippen LogP contribution in [0.1, 0.15) is 47.5 Å². The van der Waals surface area contributed by atoms with E-state index in [1.165, 1.54) is 12.8 Å². The van der Waals surface area contributed by atoms with Gasteiger partial charge in [0, 0.05) is 17.1 Å². The Morgan fingerprint density at radius 3 is 2.18 bits per heavy atom. The van der Waals surface area contributed by atoms with Crippen molar-refractivity contribution in [1.82, 2.24) is 9.80 Å². The van der Waals surface area contributed by atoms with Crippen LogP contribution in [0.5, 0.6) is 0 Å². The van der Waals surface area contributed by atoms with Gasteiger partial charge in [-0.1, -0.05) is 18.6 Å². The molecule has 1 heterocycles. The lowest BCUT2D eigenvalue weighted by Crippen LogP contribution is -2.56. The fourth-order valence-electron chi connectivity index (χ4n) is 3.17. The van der Waals surface area contributed by atoms with Gasteiger partial charge in [0.25, 0.3) is 0 Å². The van der Waals surface area contributed by atoms with Gasteiger partial charge in [0.1, 0.15) is 0 Å². The molecule has 100 valence electrons. The third kappa shape index (κ3) is 2.92. The van der Waals surface area contributed by atoms with Crippen LogP contribution in [0.15, 0.2) is 11.6 Å². The Morgan fingerprint density at radius 1 is 1.29 bits per heavy atom. The van der Waals surface area contributed by atoms with E-state index in [0.717, 1.165) is 0 Å². The van der Waals surface area contributed by atoms with Crippen molar-refractivity contribution in [3.05, 3.63) is 11.6 Å². The highest BCUT2D eigenvalue weighted by atomic mass is 15.2. The van der Waals surface area contributed by atoms with Crippen LogP contribution in [-0.4, -0.2) is 48.1 Å². The summed E-state index contributed by atoms with van der Waals surface area (Å²) in [5, 5.41) is 0. The maximum Gasteiger partial charge on any atom is 0.0340 e. The molecule has 0 spiro atoms. The molecule has 2 heteroatoms. The van der Waals surface area contributed by atoms with Gasteiger partial charge >= 0.3 is 0 Å². The van der Waals surface area contributed by atoms with Gasteiger partial charge in [0.15, 0.2) is 0 Å². The fraction of sp³-hybridized carbons (Fsp3) is 0.867. The molecule has 1 atom stereocenters. The van der Waals surface area contributed by atoms with Gasteiger partial charge in [-0.25, -0.2) is 0 Å². The molecule has 0 radical (unpaired) electrons. The predicted molar refractivity (Wildman–Crippen MR) is 76.4 cm³/mol. The van der Waals surface area contributed by atoms with Gasteiger partial charge in [-0.3, -0.25) is 4.90 Å². The molecular formula is C15H30N2. The quantitative estimate of drug-likeness (QED) is 0.697. The first kappa shape index (κ1) is 14.7. The van der Waals surface area contributed by atoms with E-state index in [2.05, 4.69) is 71.6 Å². The van der Waals surface area contributed by atoms with Crippen LogP contribution in [0, 0.1) is 0 Å². The normalized spacial score (nSPS) is 25.8. The molecule has 0 fully saturated rings. The predicted octanol–water partition coefficient (Wildman–Crippen LogP) is 3.15. The van der Waals surface area contributed by atoms with E-state index in [9.17, 15) is 0 Å². The first-order chi connectivity index (χ1) is 7.62. The van der Waals surface area contributed by atoms with E-state index in [-0.39, 0.29) is 11.1 Å². The van der Waals surface area contributed by atoms with Crippen LogP contribution >= 0.6 is 0 Å². The molecule has 0 aromatic heterocycles. The minimum atomic E-state index is 0.153. The summed E-state index contributed by atoms with van der Waals surface area (Å²) in [5.74, 6) is 0. The van der Waals surface area contributed by atoms with E-state index in [4.69, 9.17) is 0 Å². The van der Waals surface area contributed by atoms with E-state index < -0.39 is 0 Å². The lowest BCUT2D eigenvalue weighted by Gasteiger charge is -2.51. The number of likely N-dealkylation sites (N-methyl/N-ethyl adjacent to an activating group) is 2. The fourth-order valence-corrected chi connectivity index (χ4v) is 3.17. The highest BCUT2D eigenvalue weighted by Crippen LogP contribution is 2.38. The molecule has 1 aliphatic rings. The Kier molecular flexibility index (Phi) is 4.10.